The van der Waals surface area contributed by atoms with Crippen LogP contribution in [-0.2, 0) is 12.8 Å². The van der Waals surface area contributed by atoms with E-state index in [0.29, 0.717) is 12.1 Å². The molecule has 22 heavy (non-hydrogen) atoms. The topological polar surface area (TPSA) is 24.1 Å². The summed E-state index contributed by atoms with van der Waals surface area (Å²) >= 11 is 0. The Bertz CT molecular complexity index is 539. The molecular weight excluding hydrogens is 268 g/mol. The van der Waals surface area contributed by atoms with Crippen LogP contribution in [-0.4, -0.2) is 18.6 Å². The lowest BCUT2D eigenvalue weighted by molar-refractivity contribution is 0.261. The fourth-order valence-electron chi connectivity index (χ4n) is 5.26. The molecule has 0 radical (unpaired) electrons. The maximum absolute atomic E-state index is 3.82. The van der Waals surface area contributed by atoms with E-state index < -0.39 is 0 Å². The normalized spacial score (nSPS) is 33.7. The van der Waals surface area contributed by atoms with Crippen LogP contribution in [0.4, 0.5) is 5.69 Å². The Morgan fingerprint density at radius 1 is 1.27 bits per heavy atom. The number of benzene rings is 1. The van der Waals surface area contributed by atoms with E-state index in [4.69, 9.17) is 0 Å². The molecule has 0 spiro atoms. The SMILES string of the molecule is CC1Cc2cc(CCNC(C)C3CC4CCC3C4)ccc2N1. The van der Waals surface area contributed by atoms with Crippen LogP contribution in [0.1, 0.15) is 50.7 Å². The van der Waals surface area contributed by atoms with E-state index in [-0.39, 0.29) is 0 Å². The van der Waals surface area contributed by atoms with Gasteiger partial charge in [-0.1, -0.05) is 18.6 Å². The van der Waals surface area contributed by atoms with E-state index in [1.165, 1.54) is 48.9 Å². The Balaban J connectivity index is 1.28. The van der Waals surface area contributed by atoms with Gasteiger partial charge in [0, 0.05) is 17.8 Å². The summed E-state index contributed by atoms with van der Waals surface area (Å²) in [6.45, 7) is 5.80. The summed E-state index contributed by atoms with van der Waals surface area (Å²) in [7, 11) is 0. The lowest BCUT2D eigenvalue weighted by atomic mass is 9.84. The van der Waals surface area contributed by atoms with Crippen LogP contribution in [0.3, 0.4) is 0 Å². The van der Waals surface area contributed by atoms with Crippen LogP contribution < -0.4 is 10.6 Å². The molecule has 0 amide bonds. The van der Waals surface area contributed by atoms with Gasteiger partial charge in [0.25, 0.3) is 0 Å². The summed E-state index contributed by atoms with van der Waals surface area (Å²) in [4.78, 5) is 0. The van der Waals surface area contributed by atoms with Crippen molar-refractivity contribution >= 4 is 5.69 Å². The number of anilines is 1. The van der Waals surface area contributed by atoms with E-state index >= 15 is 0 Å². The molecule has 2 bridgehead atoms. The largest absolute Gasteiger partial charge is 0.382 e. The van der Waals surface area contributed by atoms with Crippen LogP contribution in [0.15, 0.2) is 18.2 Å². The molecule has 4 rings (SSSR count). The average molecular weight is 298 g/mol. The predicted molar refractivity (Wildman–Crippen MR) is 93.3 cm³/mol. The van der Waals surface area contributed by atoms with Crippen LogP contribution in [0.5, 0.6) is 0 Å². The van der Waals surface area contributed by atoms with Gasteiger partial charge < -0.3 is 10.6 Å². The summed E-state index contributed by atoms with van der Waals surface area (Å²) in [6, 6.07) is 8.28. The predicted octanol–water partition coefficient (Wildman–Crippen LogP) is 4.00. The van der Waals surface area contributed by atoms with Crippen molar-refractivity contribution in [1.82, 2.24) is 5.32 Å². The molecule has 2 heteroatoms. The van der Waals surface area contributed by atoms with Crippen molar-refractivity contribution in [3.8, 4) is 0 Å². The minimum atomic E-state index is 0.598. The van der Waals surface area contributed by atoms with Gasteiger partial charge in [0.15, 0.2) is 0 Å². The van der Waals surface area contributed by atoms with Gasteiger partial charge in [-0.05, 0) is 87.4 Å². The molecule has 2 nitrogen and oxygen atoms in total. The molecule has 2 N–H and O–H groups in total. The minimum absolute atomic E-state index is 0.598. The molecule has 2 saturated carbocycles. The molecule has 2 fully saturated rings. The summed E-state index contributed by atoms with van der Waals surface area (Å²) in [5.74, 6) is 3.04. The Morgan fingerprint density at radius 2 is 2.18 bits per heavy atom. The second-order valence-corrected chi connectivity index (χ2v) is 8.07. The molecule has 1 heterocycles. The van der Waals surface area contributed by atoms with Gasteiger partial charge in [-0.3, -0.25) is 0 Å². The smallest absolute Gasteiger partial charge is 0.0375 e. The Labute approximate surface area is 135 Å². The van der Waals surface area contributed by atoms with Crippen molar-refractivity contribution in [3.05, 3.63) is 29.3 Å². The summed E-state index contributed by atoms with van der Waals surface area (Å²) < 4.78 is 0. The van der Waals surface area contributed by atoms with E-state index in [1.807, 2.05) is 0 Å². The monoisotopic (exact) mass is 298 g/mol. The summed E-state index contributed by atoms with van der Waals surface area (Å²) in [6.07, 6.45) is 8.35. The van der Waals surface area contributed by atoms with Gasteiger partial charge in [-0.2, -0.15) is 0 Å². The lowest BCUT2D eigenvalue weighted by Gasteiger charge is -2.28. The highest BCUT2D eigenvalue weighted by Gasteiger charge is 2.41. The highest BCUT2D eigenvalue weighted by molar-refractivity contribution is 5.57. The Morgan fingerprint density at radius 3 is 2.95 bits per heavy atom. The van der Waals surface area contributed by atoms with Gasteiger partial charge in [0.2, 0.25) is 0 Å². The van der Waals surface area contributed by atoms with Gasteiger partial charge in [-0.25, -0.2) is 0 Å². The minimum Gasteiger partial charge on any atom is -0.382 e. The van der Waals surface area contributed by atoms with Gasteiger partial charge in [0.05, 0.1) is 0 Å². The summed E-state index contributed by atoms with van der Waals surface area (Å²) in [5.41, 5.74) is 4.34. The Hall–Kier alpha value is -1.02. The Kier molecular flexibility index (Phi) is 3.89. The first-order valence-electron chi connectivity index (χ1n) is 9.31. The third-order valence-electron chi connectivity index (χ3n) is 6.41. The molecule has 1 aliphatic heterocycles. The van der Waals surface area contributed by atoms with Crippen molar-refractivity contribution in [2.24, 2.45) is 17.8 Å². The second-order valence-electron chi connectivity index (χ2n) is 8.07. The maximum atomic E-state index is 3.82. The first kappa shape index (κ1) is 14.6. The van der Waals surface area contributed by atoms with Crippen LogP contribution in [0.2, 0.25) is 0 Å². The van der Waals surface area contributed by atoms with E-state index in [9.17, 15) is 0 Å². The highest BCUT2D eigenvalue weighted by Crippen LogP contribution is 2.49. The standard InChI is InChI=1S/C20H30N2/c1-13-9-18-10-15(4-6-20(18)22-13)7-8-21-14(2)19-12-16-3-5-17(19)11-16/h4,6,10,13-14,16-17,19,21-22H,3,5,7-9,11-12H2,1-2H3. The molecule has 1 aromatic carbocycles. The molecule has 5 atom stereocenters. The van der Waals surface area contributed by atoms with E-state index in [1.54, 1.807) is 0 Å². The maximum Gasteiger partial charge on any atom is 0.0375 e. The van der Waals surface area contributed by atoms with Crippen LogP contribution in [0.25, 0.3) is 0 Å². The molecule has 5 unspecified atom stereocenters. The fraction of sp³-hybridized carbons (Fsp3) is 0.700. The number of nitrogens with one attached hydrogen (secondary N) is 2. The van der Waals surface area contributed by atoms with Crippen LogP contribution >= 0.6 is 0 Å². The average Bonchev–Trinajstić information content (AvgIpc) is 3.20. The molecule has 2 aliphatic carbocycles. The molecule has 0 saturated heterocycles. The number of hydrogen-bond donors (Lipinski definition) is 2. The first-order valence-corrected chi connectivity index (χ1v) is 9.31. The zero-order valence-electron chi connectivity index (χ0n) is 14.1. The van der Waals surface area contributed by atoms with E-state index in [0.717, 1.165) is 30.7 Å². The third-order valence-corrected chi connectivity index (χ3v) is 6.41. The molecule has 3 aliphatic rings. The summed E-state index contributed by atoms with van der Waals surface area (Å²) in [5, 5.41) is 7.35. The molecule has 0 aromatic heterocycles. The van der Waals surface area contributed by atoms with Gasteiger partial charge in [-0.15, -0.1) is 0 Å². The van der Waals surface area contributed by atoms with Gasteiger partial charge in [0.1, 0.15) is 0 Å². The van der Waals surface area contributed by atoms with Gasteiger partial charge >= 0.3 is 0 Å². The quantitative estimate of drug-likeness (QED) is 0.858. The van der Waals surface area contributed by atoms with Crippen LogP contribution in [0, 0.1) is 17.8 Å². The first-order chi connectivity index (χ1) is 10.7. The molecular formula is C20H30N2. The number of fused-ring (bicyclic) bond motifs is 3. The molecule has 1 aromatic rings. The zero-order valence-corrected chi connectivity index (χ0v) is 14.1. The van der Waals surface area contributed by atoms with Crippen molar-refractivity contribution in [3.63, 3.8) is 0 Å². The van der Waals surface area contributed by atoms with E-state index in [2.05, 4.69) is 42.7 Å². The van der Waals surface area contributed by atoms with Crippen molar-refractivity contribution in [2.75, 3.05) is 11.9 Å². The molecule has 120 valence electrons. The van der Waals surface area contributed by atoms with Crippen molar-refractivity contribution in [2.45, 2.75) is 64.5 Å². The number of rotatable bonds is 5. The highest BCUT2D eigenvalue weighted by atomic mass is 14.9. The number of hydrogen-bond acceptors (Lipinski definition) is 2. The van der Waals surface area contributed by atoms with Crippen molar-refractivity contribution < 1.29 is 0 Å². The second kappa shape index (κ2) is 5.88. The lowest BCUT2D eigenvalue weighted by Crippen LogP contribution is -2.37. The zero-order chi connectivity index (χ0) is 15.1. The van der Waals surface area contributed by atoms with Crippen molar-refractivity contribution in [1.29, 1.82) is 0 Å². The fourth-order valence-corrected chi connectivity index (χ4v) is 5.26. The third kappa shape index (κ3) is 2.78.